The van der Waals surface area contributed by atoms with Crippen LogP contribution in [0.2, 0.25) is 10.0 Å². The van der Waals surface area contributed by atoms with Gasteiger partial charge in [-0.2, -0.15) is 0 Å². The lowest BCUT2D eigenvalue weighted by Crippen LogP contribution is -2.25. The van der Waals surface area contributed by atoms with E-state index in [4.69, 9.17) is 23.2 Å². The van der Waals surface area contributed by atoms with Crippen LogP contribution in [0, 0.1) is 5.82 Å². The third-order valence-corrected chi connectivity index (χ3v) is 3.56. The van der Waals surface area contributed by atoms with E-state index in [0.29, 0.717) is 22.2 Å². The monoisotopic (exact) mass is 325 g/mol. The van der Waals surface area contributed by atoms with E-state index in [9.17, 15) is 9.18 Å². The molecule has 0 aromatic heterocycles. The molecule has 21 heavy (non-hydrogen) atoms. The Labute approximate surface area is 132 Å². The summed E-state index contributed by atoms with van der Waals surface area (Å²) < 4.78 is 12.8. The van der Waals surface area contributed by atoms with Crippen LogP contribution in [0.4, 0.5) is 4.39 Å². The third kappa shape index (κ3) is 4.73. The van der Waals surface area contributed by atoms with E-state index in [2.05, 4.69) is 5.32 Å². The first-order valence-electron chi connectivity index (χ1n) is 6.54. The molecular weight excluding hydrogens is 312 g/mol. The van der Waals surface area contributed by atoms with Crippen LogP contribution in [0.25, 0.3) is 0 Å². The molecule has 0 radical (unpaired) electrons. The normalized spacial score (nSPS) is 10.4. The highest BCUT2D eigenvalue weighted by atomic mass is 35.5. The number of benzene rings is 2. The molecule has 5 heteroatoms. The molecule has 0 saturated carbocycles. The van der Waals surface area contributed by atoms with E-state index in [1.54, 1.807) is 24.3 Å². The summed E-state index contributed by atoms with van der Waals surface area (Å²) in [4.78, 5) is 11.9. The molecular formula is C16H14Cl2FNO. The van der Waals surface area contributed by atoms with Crippen molar-refractivity contribution in [3.8, 4) is 0 Å². The molecule has 0 aliphatic carbocycles. The smallest absolute Gasteiger partial charge is 0.252 e. The van der Waals surface area contributed by atoms with Gasteiger partial charge in [-0.05, 0) is 48.7 Å². The molecule has 2 rings (SSSR count). The van der Waals surface area contributed by atoms with Gasteiger partial charge in [0.1, 0.15) is 5.82 Å². The fraction of sp³-hybridized carbons (Fsp3) is 0.188. The van der Waals surface area contributed by atoms with Gasteiger partial charge in [0.15, 0.2) is 0 Å². The van der Waals surface area contributed by atoms with Crippen LogP contribution in [0.3, 0.4) is 0 Å². The standard InChI is InChI=1S/C16H14Cl2FNO/c17-12-5-8-14(15(18)10-12)16(21)20-9-1-2-11-3-6-13(19)7-4-11/h3-8,10H,1-2,9H2,(H,20,21). The van der Waals surface area contributed by atoms with E-state index in [1.165, 1.54) is 18.2 Å². The first kappa shape index (κ1) is 15.8. The van der Waals surface area contributed by atoms with Crippen molar-refractivity contribution in [3.05, 3.63) is 69.5 Å². The summed E-state index contributed by atoms with van der Waals surface area (Å²) in [6.45, 7) is 0.523. The molecule has 110 valence electrons. The van der Waals surface area contributed by atoms with Crippen molar-refractivity contribution in [2.75, 3.05) is 6.54 Å². The third-order valence-electron chi connectivity index (χ3n) is 3.02. The first-order valence-corrected chi connectivity index (χ1v) is 7.29. The molecule has 0 aliphatic rings. The number of amides is 1. The highest BCUT2D eigenvalue weighted by molar-refractivity contribution is 6.36. The molecule has 1 N–H and O–H groups in total. The fourth-order valence-electron chi connectivity index (χ4n) is 1.91. The zero-order valence-corrected chi connectivity index (χ0v) is 12.7. The predicted octanol–water partition coefficient (Wildman–Crippen LogP) is 4.50. The van der Waals surface area contributed by atoms with Gasteiger partial charge >= 0.3 is 0 Å². The highest BCUT2D eigenvalue weighted by Crippen LogP contribution is 2.20. The van der Waals surface area contributed by atoms with Crippen molar-refractivity contribution in [1.29, 1.82) is 0 Å². The summed E-state index contributed by atoms with van der Waals surface area (Å²) in [5.41, 5.74) is 1.44. The first-order chi connectivity index (χ1) is 10.1. The minimum atomic E-state index is -0.246. The van der Waals surface area contributed by atoms with Gasteiger partial charge in [0.25, 0.3) is 5.91 Å². The van der Waals surface area contributed by atoms with Crippen molar-refractivity contribution in [3.63, 3.8) is 0 Å². The van der Waals surface area contributed by atoms with E-state index in [0.717, 1.165) is 18.4 Å². The molecule has 0 saturated heterocycles. The lowest BCUT2D eigenvalue weighted by atomic mass is 10.1. The Bertz CT molecular complexity index is 629. The van der Waals surface area contributed by atoms with E-state index in [1.807, 2.05) is 0 Å². The van der Waals surface area contributed by atoms with Gasteiger partial charge in [-0.3, -0.25) is 4.79 Å². The summed E-state index contributed by atoms with van der Waals surface area (Å²) in [5, 5.41) is 3.63. The SMILES string of the molecule is O=C(NCCCc1ccc(F)cc1)c1ccc(Cl)cc1Cl. The number of hydrogen-bond acceptors (Lipinski definition) is 1. The topological polar surface area (TPSA) is 29.1 Å². The van der Waals surface area contributed by atoms with E-state index >= 15 is 0 Å². The maximum absolute atomic E-state index is 12.8. The molecule has 0 bridgehead atoms. The van der Waals surface area contributed by atoms with Gasteiger partial charge in [-0.25, -0.2) is 4.39 Å². The zero-order chi connectivity index (χ0) is 15.2. The van der Waals surface area contributed by atoms with Crippen molar-refractivity contribution in [1.82, 2.24) is 5.32 Å². The molecule has 0 unspecified atom stereocenters. The van der Waals surface area contributed by atoms with Gasteiger partial charge in [-0.1, -0.05) is 35.3 Å². The second-order valence-corrected chi connectivity index (χ2v) is 5.45. The Kier molecular flexibility index (Phi) is 5.59. The molecule has 2 aromatic rings. The molecule has 1 amide bonds. The Morgan fingerprint density at radius 3 is 2.48 bits per heavy atom. The van der Waals surface area contributed by atoms with Crippen molar-refractivity contribution in [2.24, 2.45) is 0 Å². The predicted molar refractivity (Wildman–Crippen MR) is 83.5 cm³/mol. The van der Waals surface area contributed by atoms with Crippen LogP contribution in [0.5, 0.6) is 0 Å². The molecule has 0 fully saturated rings. The lowest BCUT2D eigenvalue weighted by Gasteiger charge is -2.07. The number of carbonyl (C=O) groups is 1. The van der Waals surface area contributed by atoms with E-state index < -0.39 is 0 Å². The van der Waals surface area contributed by atoms with Crippen LogP contribution in [-0.2, 0) is 6.42 Å². The average molecular weight is 326 g/mol. The molecule has 0 spiro atoms. The molecule has 0 heterocycles. The van der Waals surface area contributed by atoms with Crippen LogP contribution < -0.4 is 5.32 Å². The summed E-state index contributed by atoms with van der Waals surface area (Å²) in [6.07, 6.45) is 1.54. The van der Waals surface area contributed by atoms with E-state index in [-0.39, 0.29) is 11.7 Å². The molecule has 0 atom stereocenters. The molecule has 2 aromatic carbocycles. The van der Waals surface area contributed by atoms with Crippen molar-refractivity contribution >= 4 is 29.1 Å². The Morgan fingerprint density at radius 2 is 1.81 bits per heavy atom. The molecule has 2 nitrogen and oxygen atoms in total. The maximum Gasteiger partial charge on any atom is 0.252 e. The van der Waals surface area contributed by atoms with Gasteiger partial charge < -0.3 is 5.32 Å². The van der Waals surface area contributed by atoms with Crippen LogP contribution in [0.15, 0.2) is 42.5 Å². The number of halogens is 3. The van der Waals surface area contributed by atoms with Gasteiger partial charge in [-0.15, -0.1) is 0 Å². The van der Waals surface area contributed by atoms with Crippen molar-refractivity contribution < 1.29 is 9.18 Å². The highest BCUT2D eigenvalue weighted by Gasteiger charge is 2.09. The number of rotatable bonds is 5. The minimum Gasteiger partial charge on any atom is -0.352 e. The second-order valence-electron chi connectivity index (χ2n) is 4.61. The number of nitrogens with one attached hydrogen (secondary N) is 1. The average Bonchev–Trinajstić information content (AvgIpc) is 2.45. The quantitative estimate of drug-likeness (QED) is 0.806. The maximum atomic E-state index is 12.8. The Morgan fingerprint density at radius 1 is 1.10 bits per heavy atom. The zero-order valence-electron chi connectivity index (χ0n) is 11.2. The Balaban J connectivity index is 1.80. The van der Waals surface area contributed by atoms with Crippen LogP contribution in [0.1, 0.15) is 22.3 Å². The summed E-state index contributed by atoms with van der Waals surface area (Å²) in [7, 11) is 0. The lowest BCUT2D eigenvalue weighted by molar-refractivity contribution is 0.0953. The second kappa shape index (κ2) is 7.43. The van der Waals surface area contributed by atoms with Crippen molar-refractivity contribution in [2.45, 2.75) is 12.8 Å². The summed E-state index contributed by atoms with van der Waals surface area (Å²) in [6, 6.07) is 11.1. The fourth-order valence-corrected chi connectivity index (χ4v) is 2.41. The van der Waals surface area contributed by atoms with Gasteiger partial charge in [0.2, 0.25) is 0 Å². The number of aryl methyl sites for hydroxylation is 1. The largest absolute Gasteiger partial charge is 0.352 e. The van der Waals surface area contributed by atoms with Crippen LogP contribution in [-0.4, -0.2) is 12.5 Å². The van der Waals surface area contributed by atoms with Crippen LogP contribution >= 0.6 is 23.2 Å². The molecule has 0 aliphatic heterocycles. The number of hydrogen-bond donors (Lipinski definition) is 1. The van der Waals surface area contributed by atoms with Gasteiger partial charge in [0.05, 0.1) is 10.6 Å². The van der Waals surface area contributed by atoms with Gasteiger partial charge in [0, 0.05) is 11.6 Å². The minimum absolute atomic E-state index is 0.226. The Hall–Kier alpha value is -1.58. The summed E-state index contributed by atoms with van der Waals surface area (Å²) in [5.74, 6) is -0.472. The summed E-state index contributed by atoms with van der Waals surface area (Å²) >= 11 is 11.8. The number of carbonyl (C=O) groups excluding carboxylic acids is 1.